The lowest BCUT2D eigenvalue weighted by atomic mass is 10.1. The van der Waals surface area contributed by atoms with E-state index in [1.807, 2.05) is 31.9 Å². The Morgan fingerprint density at radius 2 is 1.79 bits per heavy atom. The van der Waals surface area contributed by atoms with Gasteiger partial charge < -0.3 is 4.90 Å². The van der Waals surface area contributed by atoms with E-state index in [0.29, 0.717) is 0 Å². The second-order valence-corrected chi connectivity index (χ2v) is 8.13. The smallest absolute Gasteiger partial charge is 0.254 e. The SMILES string of the molecule is Cc1ccc(CN2CCCN(C(=O)c3cc(C)nc4c3c(C)nn4C)CC2)cc1. The van der Waals surface area contributed by atoms with Gasteiger partial charge in [-0.2, -0.15) is 5.10 Å². The summed E-state index contributed by atoms with van der Waals surface area (Å²) in [5, 5.41) is 5.36. The molecule has 0 saturated carbocycles. The summed E-state index contributed by atoms with van der Waals surface area (Å²) in [6.45, 7) is 10.3. The Morgan fingerprint density at radius 1 is 1.03 bits per heavy atom. The topological polar surface area (TPSA) is 54.3 Å². The molecular formula is C23H29N5O. The van der Waals surface area contributed by atoms with Gasteiger partial charge in [-0.25, -0.2) is 4.98 Å². The average Bonchev–Trinajstić information content (AvgIpc) is 2.85. The van der Waals surface area contributed by atoms with Crippen LogP contribution in [-0.4, -0.2) is 56.7 Å². The molecule has 3 aromatic rings. The lowest BCUT2D eigenvalue weighted by molar-refractivity contribution is 0.0763. The first kappa shape index (κ1) is 19.6. The molecule has 0 atom stereocenters. The Morgan fingerprint density at radius 3 is 2.55 bits per heavy atom. The molecule has 1 fully saturated rings. The monoisotopic (exact) mass is 391 g/mol. The Kier molecular flexibility index (Phi) is 5.37. The lowest BCUT2D eigenvalue weighted by Gasteiger charge is -2.22. The molecule has 0 spiro atoms. The molecule has 2 aromatic heterocycles. The Labute approximate surface area is 172 Å². The number of carbonyl (C=O) groups is 1. The van der Waals surface area contributed by atoms with E-state index < -0.39 is 0 Å². The normalized spacial score (nSPS) is 15.7. The standard InChI is InChI=1S/C23H29N5O/c1-16-6-8-19(9-7-16)15-27-10-5-11-28(13-12-27)23(29)20-14-17(2)24-22-21(20)18(3)25-26(22)4/h6-9,14H,5,10-13,15H2,1-4H3. The number of aromatic nitrogens is 3. The summed E-state index contributed by atoms with van der Waals surface area (Å²) in [4.78, 5) is 22.5. The highest BCUT2D eigenvalue weighted by atomic mass is 16.2. The summed E-state index contributed by atoms with van der Waals surface area (Å²) in [5.74, 6) is 0.0915. The van der Waals surface area contributed by atoms with Crippen LogP contribution in [0.4, 0.5) is 0 Å². The van der Waals surface area contributed by atoms with E-state index >= 15 is 0 Å². The number of rotatable bonds is 3. The number of hydrogen-bond donors (Lipinski definition) is 0. The van der Waals surface area contributed by atoms with Gasteiger partial charge in [0.25, 0.3) is 5.91 Å². The van der Waals surface area contributed by atoms with E-state index in [1.165, 1.54) is 11.1 Å². The minimum atomic E-state index is 0.0915. The number of aryl methyl sites for hydroxylation is 4. The van der Waals surface area contributed by atoms with Crippen LogP contribution in [0.2, 0.25) is 0 Å². The number of amides is 1. The van der Waals surface area contributed by atoms with Gasteiger partial charge in [0, 0.05) is 45.5 Å². The summed E-state index contributed by atoms with van der Waals surface area (Å²) in [5.41, 5.74) is 5.82. The van der Waals surface area contributed by atoms with Crippen LogP contribution in [0.15, 0.2) is 30.3 Å². The van der Waals surface area contributed by atoms with E-state index in [0.717, 1.165) is 67.1 Å². The van der Waals surface area contributed by atoms with Gasteiger partial charge in [-0.3, -0.25) is 14.4 Å². The van der Waals surface area contributed by atoms with Crippen molar-refractivity contribution in [3.8, 4) is 0 Å². The quantitative estimate of drug-likeness (QED) is 0.688. The van der Waals surface area contributed by atoms with Gasteiger partial charge >= 0.3 is 0 Å². The number of nitrogens with zero attached hydrogens (tertiary/aromatic N) is 5. The Balaban J connectivity index is 1.52. The fourth-order valence-electron chi connectivity index (χ4n) is 4.19. The third-order valence-electron chi connectivity index (χ3n) is 5.73. The van der Waals surface area contributed by atoms with Crippen molar-refractivity contribution in [1.82, 2.24) is 24.6 Å². The molecule has 3 heterocycles. The number of benzene rings is 1. The van der Waals surface area contributed by atoms with Crippen molar-refractivity contribution in [1.29, 1.82) is 0 Å². The summed E-state index contributed by atoms with van der Waals surface area (Å²) in [7, 11) is 1.88. The minimum absolute atomic E-state index is 0.0915. The van der Waals surface area contributed by atoms with Gasteiger partial charge in [0.2, 0.25) is 0 Å². The third-order valence-corrected chi connectivity index (χ3v) is 5.73. The zero-order valence-electron chi connectivity index (χ0n) is 17.8. The van der Waals surface area contributed by atoms with Crippen LogP contribution in [0.5, 0.6) is 0 Å². The molecule has 6 heteroatoms. The molecule has 6 nitrogen and oxygen atoms in total. The minimum Gasteiger partial charge on any atom is -0.337 e. The van der Waals surface area contributed by atoms with Crippen LogP contribution in [0.1, 0.15) is 39.3 Å². The number of hydrogen-bond acceptors (Lipinski definition) is 4. The van der Waals surface area contributed by atoms with Crippen LogP contribution in [0.3, 0.4) is 0 Å². The molecular weight excluding hydrogens is 362 g/mol. The van der Waals surface area contributed by atoms with Gasteiger partial charge in [-0.05, 0) is 38.8 Å². The lowest BCUT2D eigenvalue weighted by Crippen LogP contribution is -2.35. The van der Waals surface area contributed by atoms with E-state index in [-0.39, 0.29) is 5.91 Å². The fourth-order valence-corrected chi connectivity index (χ4v) is 4.19. The van der Waals surface area contributed by atoms with Crippen LogP contribution < -0.4 is 0 Å². The van der Waals surface area contributed by atoms with E-state index in [1.54, 1.807) is 4.68 Å². The highest BCUT2D eigenvalue weighted by Gasteiger charge is 2.24. The predicted molar refractivity (Wildman–Crippen MR) is 115 cm³/mol. The van der Waals surface area contributed by atoms with Gasteiger partial charge in [-0.1, -0.05) is 29.8 Å². The number of carbonyl (C=O) groups excluding carboxylic acids is 1. The number of pyridine rings is 1. The molecule has 4 rings (SSSR count). The maximum Gasteiger partial charge on any atom is 0.254 e. The van der Waals surface area contributed by atoms with Crippen molar-refractivity contribution < 1.29 is 4.79 Å². The van der Waals surface area contributed by atoms with Gasteiger partial charge in [0.15, 0.2) is 5.65 Å². The molecule has 152 valence electrons. The van der Waals surface area contributed by atoms with E-state index in [2.05, 4.69) is 46.2 Å². The Bertz CT molecular complexity index is 1040. The first-order chi connectivity index (χ1) is 13.9. The van der Waals surface area contributed by atoms with Crippen molar-refractivity contribution >= 4 is 16.9 Å². The molecule has 1 aliphatic rings. The van der Waals surface area contributed by atoms with Crippen LogP contribution in [-0.2, 0) is 13.6 Å². The van der Waals surface area contributed by atoms with Gasteiger partial charge in [-0.15, -0.1) is 0 Å². The van der Waals surface area contributed by atoms with Gasteiger partial charge in [0.05, 0.1) is 16.6 Å². The van der Waals surface area contributed by atoms with Crippen molar-refractivity contribution in [3.63, 3.8) is 0 Å². The Hall–Kier alpha value is -2.73. The van der Waals surface area contributed by atoms with E-state index in [4.69, 9.17) is 0 Å². The summed E-state index contributed by atoms with van der Waals surface area (Å²) in [6.07, 6.45) is 0.983. The maximum absolute atomic E-state index is 13.4. The van der Waals surface area contributed by atoms with Crippen molar-refractivity contribution in [2.24, 2.45) is 7.05 Å². The molecule has 0 N–H and O–H groups in total. The molecule has 1 saturated heterocycles. The second-order valence-electron chi connectivity index (χ2n) is 8.13. The second kappa shape index (κ2) is 7.95. The van der Waals surface area contributed by atoms with Crippen LogP contribution in [0.25, 0.3) is 11.0 Å². The zero-order chi connectivity index (χ0) is 20.5. The molecule has 1 aromatic carbocycles. The molecule has 0 radical (unpaired) electrons. The summed E-state index contributed by atoms with van der Waals surface area (Å²) >= 11 is 0. The highest BCUT2D eigenvalue weighted by molar-refractivity contribution is 6.06. The average molecular weight is 392 g/mol. The predicted octanol–water partition coefficient (Wildman–Crippen LogP) is 3.24. The summed E-state index contributed by atoms with van der Waals surface area (Å²) in [6, 6.07) is 10.6. The first-order valence-electron chi connectivity index (χ1n) is 10.3. The number of fused-ring (bicyclic) bond motifs is 1. The van der Waals surface area contributed by atoms with Gasteiger partial charge in [0.1, 0.15) is 0 Å². The molecule has 1 aliphatic heterocycles. The molecule has 0 unspecified atom stereocenters. The molecule has 0 aliphatic carbocycles. The van der Waals surface area contributed by atoms with E-state index in [9.17, 15) is 4.79 Å². The molecule has 29 heavy (non-hydrogen) atoms. The largest absolute Gasteiger partial charge is 0.337 e. The van der Waals surface area contributed by atoms with Crippen molar-refractivity contribution in [2.75, 3.05) is 26.2 Å². The fraction of sp³-hybridized carbons (Fsp3) is 0.435. The summed E-state index contributed by atoms with van der Waals surface area (Å²) < 4.78 is 1.76. The first-order valence-corrected chi connectivity index (χ1v) is 10.3. The molecule has 0 bridgehead atoms. The molecule has 1 amide bonds. The third kappa shape index (κ3) is 4.03. The highest BCUT2D eigenvalue weighted by Crippen LogP contribution is 2.23. The maximum atomic E-state index is 13.4. The van der Waals surface area contributed by atoms with Crippen LogP contribution >= 0.6 is 0 Å². The van der Waals surface area contributed by atoms with Crippen molar-refractivity contribution in [3.05, 3.63) is 58.4 Å². The van der Waals surface area contributed by atoms with Crippen molar-refractivity contribution in [2.45, 2.75) is 33.7 Å². The van der Waals surface area contributed by atoms with Crippen LogP contribution in [0, 0.1) is 20.8 Å². The zero-order valence-corrected chi connectivity index (χ0v) is 17.8.